The molecule has 3 rings (SSSR count). The molecule has 0 unspecified atom stereocenters. The van der Waals surface area contributed by atoms with Crippen molar-refractivity contribution in [1.82, 2.24) is 9.97 Å². The summed E-state index contributed by atoms with van der Waals surface area (Å²) in [5, 5.41) is 0.895. The van der Waals surface area contributed by atoms with Crippen LogP contribution in [0.15, 0.2) is 23.2 Å². The van der Waals surface area contributed by atoms with Crippen molar-refractivity contribution in [3.05, 3.63) is 39.6 Å². The molecule has 10 heteroatoms. The molecule has 0 spiro atoms. The second kappa shape index (κ2) is 6.34. The molecule has 1 aliphatic heterocycles. The van der Waals surface area contributed by atoms with Gasteiger partial charge in [0.2, 0.25) is 5.84 Å². The molecule has 132 valence electrons. The third-order valence-corrected chi connectivity index (χ3v) is 4.17. The molecule has 0 saturated carbocycles. The van der Waals surface area contributed by atoms with Crippen molar-refractivity contribution < 1.29 is 13.2 Å². The number of aromatic nitrogens is 2. The lowest BCUT2D eigenvalue weighted by Crippen LogP contribution is -2.31. The lowest BCUT2D eigenvalue weighted by Gasteiger charge is -2.20. The topological polar surface area (TPSA) is 67.4 Å². The second-order valence-electron chi connectivity index (χ2n) is 5.39. The Labute approximate surface area is 151 Å². The van der Waals surface area contributed by atoms with Gasteiger partial charge in [-0.15, -0.1) is 0 Å². The standard InChI is InChI=1S/C15H12Cl2F3N5/c1-7-22-12(24-14(21)15(18,19)20)9-4-5-25(13(9)23-7)11-3-2-8(16)6-10(11)17/h2-3,6H,4-5H2,1H3,(H2,21,22,23,24). The van der Waals surface area contributed by atoms with Gasteiger partial charge in [0.05, 0.1) is 10.7 Å². The Morgan fingerprint density at radius 3 is 2.64 bits per heavy atom. The van der Waals surface area contributed by atoms with Gasteiger partial charge in [0.1, 0.15) is 11.6 Å². The van der Waals surface area contributed by atoms with Crippen LogP contribution < -0.4 is 10.6 Å². The SMILES string of the molecule is Cc1nc(/N=C(/N)C(F)(F)F)c2c(n1)N(c1ccc(Cl)cc1Cl)CC2. The van der Waals surface area contributed by atoms with Crippen molar-refractivity contribution in [2.24, 2.45) is 10.7 Å². The van der Waals surface area contributed by atoms with E-state index in [2.05, 4.69) is 15.0 Å². The number of aliphatic imine (C=N–C) groups is 1. The maximum atomic E-state index is 12.7. The van der Waals surface area contributed by atoms with E-state index in [1.165, 1.54) is 0 Å². The maximum absolute atomic E-state index is 12.7. The molecule has 2 N–H and O–H groups in total. The monoisotopic (exact) mass is 389 g/mol. The fourth-order valence-electron chi connectivity index (χ4n) is 2.55. The Morgan fingerprint density at radius 1 is 1.28 bits per heavy atom. The molecular weight excluding hydrogens is 378 g/mol. The summed E-state index contributed by atoms with van der Waals surface area (Å²) >= 11 is 12.1. The summed E-state index contributed by atoms with van der Waals surface area (Å²) in [6, 6.07) is 4.99. The summed E-state index contributed by atoms with van der Waals surface area (Å²) in [5.74, 6) is -0.782. The molecule has 2 heterocycles. The Hall–Kier alpha value is -2.06. The van der Waals surface area contributed by atoms with Crippen molar-refractivity contribution in [1.29, 1.82) is 0 Å². The molecule has 0 amide bonds. The van der Waals surface area contributed by atoms with Crippen molar-refractivity contribution in [3.63, 3.8) is 0 Å². The number of nitrogens with zero attached hydrogens (tertiary/aromatic N) is 4. The molecular formula is C15H12Cl2F3N5. The van der Waals surface area contributed by atoms with Crippen LogP contribution in [0.4, 0.5) is 30.5 Å². The van der Waals surface area contributed by atoms with E-state index in [0.717, 1.165) is 0 Å². The van der Waals surface area contributed by atoms with Crippen molar-refractivity contribution in [2.45, 2.75) is 19.5 Å². The summed E-state index contributed by atoms with van der Waals surface area (Å²) in [7, 11) is 0. The number of benzene rings is 1. The third-order valence-electron chi connectivity index (χ3n) is 3.63. The van der Waals surface area contributed by atoms with Gasteiger partial charge in [-0.1, -0.05) is 23.2 Å². The van der Waals surface area contributed by atoms with Crippen molar-refractivity contribution in [2.75, 3.05) is 11.4 Å². The van der Waals surface area contributed by atoms with Crippen LogP contribution in [0.25, 0.3) is 0 Å². The van der Waals surface area contributed by atoms with E-state index in [9.17, 15) is 13.2 Å². The highest BCUT2D eigenvalue weighted by Crippen LogP contribution is 2.40. The van der Waals surface area contributed by atoms with Gasteiger partial charge < -0.3 is 10.6 Å². The second-order valence-corrected chi connectivity index (χ2v) is 6.23. The molecule has 1 aliphatic rings. The number of amidine groups is 1. The van der Waals surface area contributed by atoms with Gasteiger partial charge in [0.25, 0.3) is 0 Å². The zero-order valence-electron chi connectivity index (χ0n) is 12.9. The molecule has 1 aromatic carbocycles. The van der Waals surface area contributed by atoms with E-state index < -0.39 is 12.0 Å². The van der Waals surface area contributed by atoms with Gasteiger partial charge in [-0.2, -0.15) is 13.2 Å². The highest BCUT2D eigenvalue weighted by molar-refractivity contribution is 6.36. The van der Waals surface area contributed by atoms with Crippen LogP contribution >= 0.6 is 23.2 Å². The van der Waals surface area contributed by atoms with Crippen LogP contribution in [0.5, 0.6) is 0 Å². The van der Waals surface area contributed by atoms with E-state index in [1.807, 2.05) is 0 Å². The Bertz CT molecular complexity index is 867. The lowest BCUT2D eigenvalue weighted by molar-refractivity contribution is -0.0598. The van der Waals surface area contributed by atoms with E-state index in [1.54, 1.807) is 30.0 Å². The number of nitrogens with two attached hydrogens (primary N) is 1. The van der Waals surface area contributed by atoms with Crippen molar-refractivity contribution >= 4 is 46.4 Å². The number of hydrogen-bond acceptors (Lipinski definition) is 4. The van der Waals surface area contributed by atoms with Gasteiger partial charge in [-0.25, -0.2) is 15.0 Å². The van der Waals surface area contributed by atoms with E-state index >= 15 is 0 Å². The van der Waals surface area contributed by atoms with Crippen LogP contribution in [0.2, 0.25) is 10.0 Å². The summed E-state index contributed by atoms with van der Waals surface area (Å²) in [6.45, 7) is 2.05. The first-order valence-corrected chi connectivity index (χ1v) is 7.94. The van der Waals surface area contributed by atoms with Crippen molar-refractivity contribution in [3.8, 4) is 0 Å². The van der Waals surface area contributed by atoms with Gasteiger partial charge in [0.15, 0.2) is 5.82 Å². The van der Waals surface area contributed by atoms with Crippen LogP contribution in [0.1, 0.15) is 11.4 Å². The molecule has 0 bridgehead atoms. The summed E-state index contributed by atoms with van der Waals surface area (Å²) < 4.78 is 38.0. The normalized spacial score (nSPS) is 14.8. The maximum Gasteiger partial charge on any atom is 0.449 e. The van der Waals surface area contributed by atoms with Crippen LogP contribution in [-0.2, 0) is 6.42 Å². The molecule has 0 saturated heterocycles. The number of hydrogen-bond donors (Lipinski definition) is 1. The number of rotatable bonds is 2. The quantitative estimate of drug-likeness (QED) is 0.612. The summed E-state index contributed by atoms with van der Waals surface area (Å²) in [6.07, 6.45) is -4.30. The zero-order chi connectivity index (χ0) is 18.4. The van der Waals surface area contributed by atoms with Crippen LogP contribution in [0, 0.1) is 6.92 Å². The molecule has 1 aromatic heterocycles. The minimum atomic E-state index is -4.72. The average Bonchev–Trinajstić information content (AvgIpc) is 2.90. The van der Waals surface area contributed by atoms with Gasteiger partial charge in [-0.3, -0.25) is 0 Å². The largest absolute Gasteiger partial charge is 0.449 e. The zero-order valence-corrected chi connectivity index (χ0v) is 14.4. The Morgan fingerprint density at radius 2 is 2.00 bits per heavy atom. The molecule has 0 aliphatic carbocycles. The smallest absolute Gasteiger partial charge is 0.380 e. The van der Waals surface area contributed by atoms with Crippen LogP contribution in [-0.4, -0.2) is 28.5 Å². The number of alkyl halides is 3. The fourth-order valence-corrected chi connectivity index (χ4v) is 3.06. The minimum Gasteiger partial charge on any atom is -0.380 e. The molecule has 5 nitrogen and oxygen atoms in total. The highest BCUT2D eigenvalue weighted by Gasteiger charge is 2.35. The lowest BCUT2D eigenvalue weighted by atomic mass is 10.2. The fraction of sp³-hybridized carbons (Fsp3) is 0.267. The summed E-state index contributed by atoms with van der Waals surface area (Å²) in [5.41, 5.74) is 6.17. The molecule has 2 aromatic rings. The summed E-state index contributed by atoms with van der Waals surface area (Å²) in [4.78, 5) is 13.6. The van der Waals surface area contributed by atoms with E-state index in [4.69, 9.17) is 28.9 Å². The minimum absolute atomic E-state index is 0.0788. The highest BCUT2D eigenvalue weighted by atomic mass is 35.5. The van der Waals surface area contributed by atoms with E-state index in [-0.39, 0.29) is 11.6 Å². The first-order valence-electron chi connectivity index (χ1n) is 7.18. The number of halogens is 5. The Balaban J connectivity index is 2.09. The first kappa shape index (κ1) is 17.8. The third kappa shape index (κ3) is 3.50. The van der Waals surface area contributed by atoms with Gasteiger partial charge in [0, 0.05) is 17.1 Å². The van der Waals surface area contributed by atoms with Gasteiger partial charge in [-0.05, 0) is 31.5 Å². The number of fused-ring (bicyclic) bond motifs is 1. The Kier molecular flexibility index (Phi) is 4.51. The van der Waals surface area contributed by atoms with E-state index in [0.29, 0.717) is 40.1 Å². The first-order chi connectivity index (χ1) is 11.7. The molecule has 0 radical (unpaired) electrons. The predicted molar refractivity (Wildman–Crippen MR) is 91.3 cm³/mol. The average molecular weight is 390 g/mol. The molecule has 0 atom stereocenters. The van der Waals surface area contributed by atoms with Gasteiger partial charge >= 0.3 is 6.18 Å². The predicted octanol–water partition coefficient (Wildman–Crippen LogP) is 4.34. The molecule has 0 fully saturated rings. The number of aryl methyl sites for hydroxylation is 1. The van der Waals surface area contributed by atoms with Crippen LogP contribution in [0.3, 0.4) is 0 Å². The molecule has 25 heavy (non-hydrogen) atoms. The number of anilines is 2.